The van der Waals surface area contributed by atoms with Crippen molar-refractivity contribution in [1.82, 2.24) is 0 Å². The first kappa shape index (κ1) is 37.7. The van der Waals surface area contributed by atoms with Crippen LogP contribution in [0.3, 0.4) is 0 Å². The van der Waals surface area contributed by atoms with Gasteiger partial charge in [-0.1, -0.05) is 143 Å². The van der Waals surface area contributed by atoms with Crippen LogP contribution >= 0.6 is 0 Å². The van der Waals surface area contributed by atoms with Crippen molar-refractivity contribution in [1.29, 1.82) is 0 Å². The average Bonchev–Trinajstić information content (AvgIpc) is 2.82. The van der Waals surface area contributed by atoms with Gasteiger partial charge in [-0.3, -0.25) is 0 Å². The third-order valence-electron chi connectivity index (χ3n) is 8.92. The summed E-state index contributed by atoms with van der Waals surface area (Å²) in [5.74, 6) is 1.90. The molecule has 41 heavy (non-hydrogen) atoms. The zero-order chi connectivity index (χ0) is 28.0. The fourth-order valence-electron chi connectivity index (χ4n) is 6.66. The van der Waals surface area contributed by atoms with E-state index in [0.717, 1.165) is 24.8 Å². The van der Waals surface area contributed by atoms with Crippen LogP contribution in [0.25, 0.3) is 10.6 Å². The van der Waals surface area contributed by atoms with Crippen molar-refractivity contribution in [3.63, 3.8) is 0 Å². The summed E-state index contributed by atoms with van der Waals surface area (Å²) in [6, 6.07) is 11.5. The van der Waals surface area contributed by atoms with E-state index in [1.54, 1.807) is 0 Å². The summed E-state index contributed by atoms with van der Waals surface area (Å²) in [7, 11) is 0. The normalized spacial score (nSPS) is 22.7. The van der Waals surface area contributed by atoms with Gasteiger partial charge in [0.05, 0.1) is 0 Å². The van der Waals surface area contributed by atoms with Crippen LogP contribution in [0, 0.1) is 20.8 Å². The Balaban J connectivity index is 0.00000280. The average molecular weight is 595 g/mol. The Bertz CT molecular complexity index is 1100. The maximum absolute atomic E-state index is 11.5. The Kier molecular flexibility index (Phi) is 13.3. The first-order valence-corrected chi connectivity index (χ1v) is 15.1. The molecule has 3 nitrogen and oxygen atoms in total. The van der Waals surface area contributed by atoms with E-state index in [-0.39, 0.29) is 65.5 Å². The molecule has 0 radical (unpaired) electrons. The molecule has 2 aromatic carbocycles. The molecule has 0 bridgehead atoms. The second-order valence-corrected chi connectivity index (χ2v) is 14.7. The number of para-hydroxylation sites is 1. The fourth-order valence-corrected chi connectivity index (χ4v) is 6.66. The van der Waals surface area contributed by atoms with Crippen molar-refractivity contribution in [3.8, 4) is 5.75 Å². The summed E-state index contributed by atoms with van der Waals surface area (Å²) in [6.07, 6.45) is 5.76. The van der Waals surface area contributed by atoms with Crippen LogP contribution in [-0.2, 0) is 32.5 Å². The number of aromatic hydroxyl groups is 1. The number of hydrogen-bond donors (Lipinski definition) is 1. The SMILES string of the molecule is CC(C)c1cccc(C(C)C)c1[N-]C1CCCC2CCC(c3c(O)cc(C(C)(C)C)cc3C(C)(C)C)[N-]C21.[CH3-].[CH3-].[Ti+4]. The molecule has 1 aliphatic heterocycles. The van der Waals surface area contributed by atoms with Gasteiger partial charge in [-0.05, 0) is 45.4 Å². The summed E-state index contributed by atoms with van der Waals surface area (Å²) < 4.78 is 0. The van der Waals surface area contributed by atoms with E-state index < -0.39 is 0 Å². The zero-order valence-electron chi connectivity index (χ0n) is 28.2. The van der Waals surface area contributed by atoms with E-state index in [4.69, 9.17) is 10.6 Å². The Hall–Kier alpha value is -1.29. The molecule has 0 amide bonds. The van der Waals surface area contributed by atoms with Crippen LogP contribution in [0.2, 0.25) is 0 Å². The van der Waals surface area contributed by atoms with Gasteiger partial charge >= 0.3 is 21.7 Å². The topological polar surface area (TPSA) is 48.4 Å². The van der Waals surface area contributed by atoms with Gasteiger partial charge in [0.1, 0.15) is 5.75 Å². The summed E-state index contributed by atoms with van der Waals surface area (Å²) in [4.78, 5) is 0. The summed E-state index contributed by atoms with van der Waals surface area (Å²) in [5, 5.41) is 22.6. The van der Waals surface area contributed by atoms with Crippen LogP contribution in [0.1, 0.15) is 147 Å². The molecule has 1 N–H and O–H groups in total. The minimum Gasteiger partial charge on any atom is -0.682 e. The molecule has 1 aliphatic carbocycles. The van der Waals surface area contributed by atoms with Gasteiger partial charge in [0.15, 0.2) is 0 Å². The van der Waals surface area contributed by atoms with E-state index >= 15 is 0 Å². The molecule has 226 valence electrons. The van der Waals surface area contributed by atoms with Crippen molar-refractivity contribution in [2.45, 2.75) is 142 Å². The van der Waals surface area contributed by atoms with Crippen molar-refractivity contribution < 1.29 is 26.8 Å². The van der Waals surface area contributed by atoms with E-state index in [9.17, 15) is 5.11 Å². The number of piperidine rings is 1. The van der Waals surface area contributed by atoms with Gasteiger partial charge in [-0.2, -0.15) is 0 Å². The third kappa shape index (κ3) is 8.21. The number of benzene rings is 2. The molecule has 0 aromatic heterocycles. The molecule has 2 fully saturated rings. The van der Waals surface area contributed by atoms with Crippen LogP contribution in [0.5, 0.6) is 5.75 Å². The molecule has 1 saturated heterocycles. The fraction of sp³-hybridized carbons (Fsp3) is 0.622. The Morgan fingerprint density at radius 2 is 1.41 bits per heavy atom. The first-order valence-electron chi connectivity index (χ1n) is 15.1. The number of phenols is 1. The predicted octanol–water partition coefficient (Wildman–Crippen LogP) is 11.6. The minimum atomic E-state index is -0.0703. The largest absolute Gasteiger partial charge is 4.00 e. The van der Waals surface area contributed by atoms with Gasteiger partial charge < -0.3 is 30.6 Å². The molecule has 2 aromatic rings. The summed E-state index contributed by atoms with van der Waals surface area (Å²) >= 11 is 0. The number of phenolic OH excluding ortho intramolecular Hbond substituents is 1. The van der Waals surface area contributed by atoms with Crippen LogP contribution in [0.4, 0.5) is 5.69 Å². The molecule has 4 atom stereocenters. The second kappa shape index (κ2) is 14.5. The summed E-state index contributed by atoms with van der Waals surface area (Å²) in [5.41, 5.74) is 7.33. The Morgan fingerprint density at radius 3 is 1.93 bits per heavy atom. The number of nitrogens with zero attached hydrogens (tertiary/aromatic N) is 2. The van der Waals surface area contributed by atoms with Gasteiger partial charge in [0, 0.05) is 0 Å². The molecular weight excluding hydrogens is 536 g/mol. The Morgan fingerprint density at radius 1 is 0.829 bits per heavy atom. The van der Waals surface area contributed by atoms with E-state index in [1.807, 2.05) is 6.07 Å². The third-order valence-corrected chi connectivity index (χ3v) is 8.92. The summed E-state index contributed by atoms with van der Waals surface area (Å²) in [6.45, 7) is 22.6. The number of fused-ring (bicyclic) bond motifs is 1. The van der Waals surface area contributed by atoms with Crippen molar-refractivity contribution in [3.05, 3.63) is 83.6 Å². The molecule has 4 heteroatoms. The van der Waals surface area contributed by atoms with Crippen LogP contribution in [0.15, 0.2) is 30.3 Å². The maximum atomic E-state index is 11.5. The molecule has 2 aliphatic rings. The van der Waals surface area contributed by atoms with Gasteiger partial charge in [0.2, 0.25) is 0 Å². The zero-order valence-corrected chi connectivity index (χ0v) is 29.8. The van der Waals surface area contributed by atoms with E-state index in [2.05, 4.69) is 93.5 Å². The van der Waals surface area contributed by atoms with Gasteiger partial charge in [-0.15, -0.1) is 23.8 Å². The maximum Gasteiger partial charge on any atom is 4.00 e. The van der Waals surface area contributed by atoms with E-state index in [0.29, 0.717) is 23.5 Å². The number of rotatable bonds is 5. The Labute approximate surface area is 269 Å². The van der Waals surface area contributed by atoms with E-state index in [1.165, 1.54) is 40.8 Å². The molecule has 1 heterocycles. The first-order chi connectivity index (χ1) is 17.7. The monoisotopic (exact) mass is 594 g/mol. The standard InChI is InChI=1S/C35H52N2O.2CH3.Ti/c1-21(2)25-14-12-15-26(22(3)4)33(25)37-29-16-11-13-23-17-18-28(36-32(23)29)31-27(35(8,9)10)19-24(20-30(31)38)34(5,6)7;;;/h12,14-15,19-23,28-29,32,38H,11,13,16-18H2,1-10H3;2*1H3;/q-2;2*-1;+4. The van der Waals surface area contributed by atoms with Gasteiger partial charge in [0.25, 0.3) is 0 Å². The molecule has 4 unspecified atom stereocenters. The predicted molar refractivity (Wildman–Crippen MR) is 176 cm³/mol. The van der Waals surface area contributed by atoms with Crippen molar-refractivity contribution in [2.75, 3.05) is 0 Å². The smallest absolute Gasteiger partial charge is 0.682 e. The van der Waals surface area contributed by atoms with Crippen LogP contribution in [-0.4, -0.2) is 17.2 Å². The molecular formula is C37H58N2OTi. The second-order valence-electron chi connectivity index (χ2n) is 14.7. The van der Waals surface area contributed by atoms with Crippen molar-refractivity contribution in [2.24, 2.45) is 5.92 Å². The van der Waals surface area contributed by atoms with Crippen molar-refractivity contribution >= 4 is 5.69 Å². The quantitative estimate of drug-likeness (QED) is 0.272. The minimum absolute atomic E-state index is 0. The molecule has 4 rings (SSSR count). The van der Waals surface area contributed by atoms with Crippen LogP contribution < -0.4 is 0 Å². The molecule has 1 saturated carbocycles. The number of hydrogen-bond acceptors (Lipinski definition) is 1. The molecule has 0 spiro atoms. The van der Waals surface area contributed by atoms with Gasteiger partial charge in [-0.25, -0.2) is 0 Å².